The Kier molecular flexibility index (Phi) is 3.74. The Hall–Kier alpha value is -1.81. The molecule has 0 spiro atoms. The van der Waals surface area contributed by atoms with Crippen molar-refractivity contribution in [3.63, 3.8) is 0 Å². The van der Waals surface area contributed by atoms with E-state index in [1.54, 1.807) is 0 Å². The van der Waals surface area contributed by atoms with Crippen molar-refractivity contribution in [2.75, 3.05) is 6.54 Å². The maximum absolute atomic E-state index is 11.9. The standard InChI is InChI=1S/C16H21N3O/c1-2-17-10-12-4-3-5-15-14(12)8-9-19(15)11-16(20)18-13-6-7-13/h3-5,8-9,13,17H,2,6-7,10-11H2,1H3,(H,18,20). The molecule has 2 N–H and O–H groups in total. The number of fused-ring (bicyclic) bond motifs is 1. The predicted octanol–water partition coefficient (Wildman–Crippen LogP) is 2.03. The molecule has 4 nitrogen and oxygen atoms in total. The molecule has 1 saturated carbocycles. The van der Waals surface area contributed by atoms with Crippen molar-refractivity contribution >= 4 is 16.8 Å². The zero-order valence-electron chi connectivity index (χ0n) is 11.9. The second kappa shape index (κ2) is 5.67. The zero-order chi connectivity index (χ0) is 13.9. The number of nitrogens with one attached hydrogen (secondary N) is 2. The van der Waals surface area contributed by atoms with E-state index in [0.717, 1.165) is 31.4 Å². The molecule has 1 heterocycles. The van der Waals surface area contributed by atoms with Crippen LogP contribution in [0.2, 0.25) is 0 Å². The summed E-state index contributed by atoms with van der Waals surface area (Å²) in [6, 6.07) is 8.81. The fraction of sp³-hybridized carbons (Fsp3) is 0.438. The van der Waals surface area contributed by atoms with Crippen molar-refractivity contribution in [1.82, 2.24) is 15.2 Å². The SMILES string of the molecule is CCNCc1cccc2c1ccn2CC(=O)NC1CC1. The molecule has 0 bridgehead atoms. The fourth-order valence-electron chi connectivity index (χ4n) is 2.49. The lowest BCUT2D eigenvalue weighted by molar-refractivity contribution is -0.121. The smallest absolute Gasteiger partial charge is 0.240 e. The van der Waals surface area contributed by atoms with Crippen molar-refractivity contribution in [1.29, 1.82) is 0 Å². The van der Waals surface area contributed by atoms with Crippen LogP contribution in [0.1, 0.15) is 25.3 Å². The number of benzene rings is 1. The van der Waals surface area contributed by atoms with E-state index in [9.17, 15) is 4.79 Å². The average Bonchev–Trinajstić information content (AvgIpc) is 3.16. The first kappa shape index (κ1) is 13.2. The molecule has 1 aromatic heterocycles. The molecule has 4 heteroatoms. The number of aromatic nitrogens is 1. The topological polar surface area (TPSA) is 46.1 Å². The van der Waals surface area contributed by atoms with Gasteiger partial charge in [0.2, 0.25) is 5.91 Å². The number of nitrogens with zero attached hydrogens (tertiary/aromatic N) is 1. The molecule has 106 valence electrons. The molecule has 0 radical (unpaired) electrons. The summed E-state index contributed by atoms with van der Waals surface area (Å²) >= 11 is 0. The Morgan fingerprint density at radius 2 is 2.20 bits per heavy atom. The van der Waals surface area contributed by atoms with Crippen molar-refractivity contribution in [2.45, 2.75) is 38.9 Å². The maximum Gasteiger partial charge on any atom is 0.240 e. The normalized spacial score (nSPS) is 14.7. The van der Waals surface area contributed by atoms with Crippen LogP contribution in [-0.4, -0.2) is 23.1 Å². The van der Waals surface area contributed by atoms with Crippen molar-refractivity contribution in [3.05, 3.63) is 36.0 Å². The first-order valence-corrected chi connectivity index (χ1v) is 7.34. The summed E-state index contributed by atoms with van der Waals surface area (Å²) in [6.45, 7) is 4.34. The van der Waals surface area contributed by atoms with Gasteiger partial charge in [0, 0.05) is 29.7 Å². The van der Waals surface area contributed by atoms with E-state index in [4.69, 9.17) is 0 Å². The van der Waals surface area contributed by atoms with Gasteiger partial charge >= 0.3 is 0 Å². The molecular weight excluding hydrogens is 250 g/mol. The number of carbonyl (C=O) groups is 1. The highest BCUT2D eigenvalue weighted by Crippen LogP contribution is 2.21. The summed E-state index contributed by atoms with van der Waals surface area (Å²) in [5, 5.41) is 7.62. The Labute approximate surface area is 119 Å². The number of amides is 1. The van der Waals surface area contributed by atoms with Gasteiger partial charge in [0.25, 0.3) is 0 Å². The van der Waals surface area contributed by atoms with Crippen LogP contribution in [0.4, 0.5) is 0 Å². The van der Waals surface area contributed by atoms with E-state index in [2.05, 4.69) is 41.8 Å². The van der Waals surface area contributed by atoms with Crippen LogP contribution in [0.3, 0.4) is 0 Å². The van der Waals surface area contributed by atoms with E-state index >= 15 is 0 Å². The van der Waals surface area contributed by atoms with E-state index < -0.39 is 0 Å². The molecule has 1 aromatic carbocycles. The summed E-state index contributed by atoms with van der Waals surface area (Å²) in [5.74, 6) is 0.113. The van der Waals surface area contributed by atoms with Crippen LogP contribution in [-0.2, 0) is 17.9 Å². The molecule has 0 atom stereocenters. The summed E-state index contributed by atoms with van der Waals surface area (Å²) < 4.78 is 2.03. The molecule has 2 aromatic rings. The van der Waals surface area contributed by atoms with Crippen LogP contribution in [0, 0.1) is 0 Å². The van der Waals surface area contributed by atoms with Gasteiger partial charge < -0.3 is 15.2 Å². The number of carbonyl (C=O) groups excluding carboxylic acids is 1. The summed E-state index contributed by atoms with van der Waals surface area (Å²) in [5.41, 5.74) is 2.41. The minimum absolute atomic E-state index is 0.113. The van der Waals surface area contributed by atoms with Crippen molar-refractivity contribution in [3.8, 4) is 0 Å². The minimum Gasteiger partial charge on any atom is -0.352 e. The lowest BCUT2D eigenvalue weighted by Crippen LogP contribution is -2.29. The summed E-state index contributed by atoms with van der Waals surface area (Å²) in [6.07, 6.45) is 4.27. The molecular formula is C16H21N3O. The molecule has 20 heavy (non-hydrogen) atoms. The molecule has 0 unspecified atom stereocenters. The van der Waals surface area contributed by atoms with E-state index in [0.29, 0.717) is 12.6 Å². The van der Waals surface area contributed by atoms with Crippen LogP contribution in [0.25, 0.3) is 10.9 Å². The maximum atomic E-state index is 11.9. The van der Waals surface area contributed by atoms with Crippen molar-refractivity contribution < 1.29 is 4.79 Å². The third-order valence-corrected chi connectivity index (χ3v) is 3.73. The van der Waals surface area contributed by atoms with Gasteiger partial charge in [0.15, 0.2) is 0 Å². The lowest BCUT2D eigenvalue weighted by Gasteiger charge is -2.08. The summed E-state index contributed by atoms with van der Waals surface area (Å²) in [4.78, 5) is 11.9. The molecule has 1 fully saturated rings. The first-order valence-electron chi connectivity index (χ1n) is 7.34. The Balaban J connectivity index is 1.79. The van der Waals surface area contributed by atoms with E-state index in [1.165, 1.54) is 10.9 Å². The second-order valence-corrected chi connectivity index (χ2v) is 5.42. The molecule has 1 aliphatic carbocycles. The average molecular weight is 271 g/mol. The molecule has 0 saturated heterocycles. The van der Waals surface area contributed by atoms with Crippen LogP contribution in [0.5, 0.6) is 0 Å². The fourth-order valence-corrected chi connectivity index (χ4v) is 2.49. The third-order valence-electron chi connectivity index (χ3n) is 3.73. The predicted molar refractivity (Wildman–Crippen MR) is 80.5 cm³/mol. The number of rotatable bonds is 6. The Bertz CT molecular complexity index is 613. The first-order chi connectivity index (χ1) is 9.78. The van der Waals surface area contributed by atoms with Gasteiger partial charge in [0.05, 0.1) is 0 Å². The van der Waals surface area contributed by atoms with Crippen LogP contribution < -0.4 is 10.6 Å². The molecule has 3 rings (SSSR count). The van der Waals surface area contributed by atoms with Gasteiger partial charge in [-0.3, -0.25) is 4.79 Å². The van der Waals surface area contributed by atoms with Gasteiger partial charge in [-0.1, -0.05) is 19.1 Å². The largest absolute Gasteiger partial charge is 0.352 e. The van der Waals surface area contributed by atoms with E-state index in [-0.39, 0.29) is 5.91 Å². The number of hydrogen-bond acceptors (Lipinski definition) is 2. The van der Waals surface area contributed by atoms with Gasteiger partial charge in [-0.2, -0.15) is 0 Å². The Morgan fingerprint density at radius 1 is 1.35 bits per heavy atom. The van der Waals surface area contributed by atoms with E-state index in [1.807, 2.05) is 10.8 Å². The highest BCUT2D eigenvalue weighted by Gasteiger charge is 2.23. The highest BCUT2D eigenvalue weighted by atomic mass is 16.2. The quantitative estimate of drug-likeness (QED) is 0.844. The monoisotopic (exact) mass is 271 g/mol. The van der Waals surface area contributed by atoms with Crippen molar-refractivity contribution in [2.24, 2.45) is 0 Å². The molecule has 1 amide bonds. The van der Waals surface area contributed by atoms with Gasteiger partial charge in [-0.25, -0.2) is 0 Å². The van der Waals surface area contributed by atoms with Gasteiger partial charge in [-0.15, -0.1) is 0 Å². The van der Waals surface area contributed by atoms with Crippen LogP contribution in [0.15, 0.2) is 30.5 Å². The zero-order valence-corrected chi connectivity index (χ0v) is 11.9. The Morgan fingerprint density at radius 3 is 2.95 bits per heavy atom. The molecule has 0 aliphatic heterocycles. The molecule has 1 aliphatic rings. The number of hydrogen-bond donors (Lipinski definition) is 2. The minimum atomic E-state index is 0.113. The third kappa shape index (κ3) is 2.85. The lowest BCUT2D eigenvalue weighted by atomic mass is 10.1. The van der Waals surface area contributed by atoms with Crippen LogP contribution >= 0.6 is 0 Å². The summed E-state index contributed by atoms with van der Waals surface area (Å²) in [7, 11) is 0. The second-order valence-electron chi connectivity index (χ2n) is 5.42. The van der Waals surface area contributed by atoms with Gasteiger partial charge in [-0.05, 0) is 37.1 Å². The van der Waals surface area contributed by atoms with Gasteiger partial charge in [0.1, 0.15) is 6.54 Å². The highest BCUT2D eigenvalue weighted by molar-refractivity contribution is 5.86.